The van der Waals surface area contributed by atoms with Gasteiger partial charge < -0.3 is 20.2 Å². The molecule has 8 heteroatoms. The van der Waals surface area contributed by atoms with Gasteiger partial charge in [0.15, 0.2) is 0 Å². The number of anilines is 3. The van der Waals surface area contributed by atoms with E-state index in [2.05, 4.69) is 10.2 Å². The highest BCUT2D eigenvalue weighted by Crippen LogP contribution is 2.27. The number of aromatic carboxylic acids is 1. The largest absolute Gasteiger partial charge is 0.478 e. The van der Waals surface area contributed by atoms with Crippen molar-refractivity contribution in [2.75, 3.05) is 41.3 Å². The van der Waals surface area contributed by atoms with E-state index in [1.54, 1.807) is 48.5 Å². The minimum absolute atomic E-state index is 0.115. The molecule has 0 bridgehead atoms. The summed E-state index contributed by atoms with van der Waals surface area (Å²) in [6, 6.07) is 17.7. The SMILES string of the molecule is O=C(Nc1ccc(N2CCN(c3ccc(F)cc3)CC2)c(C(=O)O)c1)c1cccc(Cl)c1. The summed E-state index contributed by atoms with van der Waals surface area (Å²) >= 11 is 5.94. The van der Waals surface area contributed by atoms with Crippen LogP contribution in [0.4, 0.5) is 21.5 Å². The fraction of sp³-hybridized carbons (Fsp3) is 0.167. The molecular formula is C24H21ClFN3O3. The van der Waals surface area contributed by atoms with Gasteiger partial charge in [-0.1, -0.05) is 17.7 Å². The minimum Gasteiger partial charge on any atom is -0.478 e. The van der Waals surface area contributed by atoms with Crippen LogP contribution in [-0.2, 0) is 0 Å². The predicted octanol–water partition coefficient (Wildman–Crippen LogP) is 4.76. The Morgan fingerprint density at radius 1 is 0.906 bits per heavy atom. The Bertz CT molecular complexity index is 1150. The van der Waals surface area contributed by atoms with Crippen LogP contribution < -0.4 is 15.1 Å². The number of piperazine rings is 1. The van der Waals surface area contributed by atoms with Crippen LogP contribution in [0.2, 0.25) is 5.02 Å². The molecule has 0 radical (unpaired) electrons. The van der Waals surface area contributed by atoms with Gasteiger partial charge in [0.1, 0.15) is 5.82 Å². The second kappa shape index (κ2) is 9.28. The van der Waals surface area contributed by atoms with Crippen LogP contribution in [0.5, 0.6) is 0 Å². The Labute approximate surface area is 189 Å². The molecule has 1 fully saturated rings. The maximum absolute atomic E-state index is 13.2. The summed E-state index contributed by atoms with van der Waals surface area (Å²) in [6.07, 6.45) is 0. The Hall–Kier alpha value is -3.58. The molecule has 164 valence electrons. The third-order valence-electron chi connectivity index (χ3n) is 5.38. The van der Waals surface area contributed by atoms with Crippen molar-refractivity contribution in [1.82, 2.24) is 0 Å². The van der Waals surface area contributed by atoms with E-state index in [0.717, 1.165) is 5.69 Å². The Balaban J connectivity index is 1.48. The molecule has 2 N–H and O–H groups in total. The molecule has 0 atom stereocenters. The Morgan fingerprint density at radius 3 is 2.25 bits per heavy atom. The molecule has 3 aromatic rings. The lowest BCUT2D eigenvalue weighted by Crippen LogP contribution is -2.47. The zero-order valence-electron chi connectivity index (χ0n) is 17.1. The lowest BCUT2D eigenvalue weighted by molar-refractivity contribution is 0.0697. The molecule has 0 unspecified atom stereocenters. The molecule has 4 rings (SSSR count). The molecule has 0 aromatic heterocycles. The first-order chi connectivity index (χ1) is 15.4. The first kappa shape index (κ1) is 21.6. The Morgan fingerprint density at radius 2 is 1.59 bits per heavy atom. The van der Waals surface area contributed by atoms with Crippen molar-refractivity contribution < 1.29 is 19.1 Å². The molecule has 1 aliphatic heterocycles. The van der Waals surface area contributed by atoms with Crippen molar-refractivity contribution >= 4 is 40.5 Å². The molecule has 32 heavy (non-hydrogen) atoms. The van der Waals surface area contributed by atoms with Crippen LogP contribution in [0.15, 0.2) is 66.7 Å². The van der Waals surface area contributed by atoms with Gasteiger partial charge >= 0.3 is 5.97 Å². The summed E-state index contributed by atoms with van der Waals surface area (Å²) in [5.41, 5.74) is 2.42. The van der Waals surface area contributed by atoms with E-state index in [9.17, 15) is 19.1 Å². The lowest BCUT2D eigenvalue weighted by atomic mass is 10.1. The zero-order valence-corrected chi connectivity index (χ0v) is 17.8. The molecule has 0 aliphatic carbocycles. The van der Waals surface area contributed by atoms with Crippen molar-refractivity contribution in [1.29, 1.82) is 0 Å². The number of hydrogen-bond donors (Lipinski definition) is 2. The number of nitrogens with zero attached hydrogens (tertiary/aromatic N) is 2. The summed E-state index contributed by atoms with van der Waals surface area (Å²) < 4.78 is 13.2. The van der Waals surface area contributed by atoms with Gasteiger partial charge in [-0.15, -0.1) is 0 Å². The number of benzene rings is 3. The predicted molar refractivity (Wildman–Crippen MR) is 124 cm³/mol. The molecule has 1 saturated heterocycles. The lowest BCUT2D eigenvalue weighted by Gasteiger charge is -2.38. The second-order valence-electron chi connectivity index (χ2n) is 7.45. The third kappa shape index (κ3) is 4.84. The van der Waals surface area contributed by atoms with Gasteiger partial charge in [-0.25, -0.2) is 9.18 Å². The minimum atomic E-state index is -1.07. The highest BCUT2D eigenvalue weighted by atomic mass is 35.5. The van der Waals surface area contributed by atoms with Gasteiger partial charge in [0.2, 0.25) is 0 Å². The number of carbonyl (C=O) groups is 2. The molecule has 1 heterocycles. The number of halogens is 2. The fourth-order valence-corrected chi connectivity index (χ4v) is 3.94. The molecule has 0 saturated carbocycles. The third-order valence-corrected chi connectivity index (χ3v) is 5.62. The molecule has 1 aliphatic rings. The summed E-state index contributed by atoms with van der Waals surface area (Å²) in [5.74, 6) is -1.72. The normalized spacial score (nSPS) is 13.7. The van der Waals surface area contributed by atoms with Crippen molar-refractivity contribution in [3.05, 3.63) is 88.7 Å². The molecule has 3 aromatic carbocycles. The second-order valence-corrected chi connectivity index (χ2v) is 7.89. The van der Waals surface area contributed by atoms with Crippen LogP contribution in [0, 0.1) is 5.82 Å². The van der Waals surface area contributed by atoms with Crippen LogP contribution in [0.25, 0.3) is 0 Å². The number of nitrogens with one attached hydrogen (secondary N) is 1. The number of carboxylic acid groups (broad SMARTS) is 1. The highest BCUT2D eigenvalue weighted by Gasteiger charge is 2.22. The fourth-order valence-electron chi connectivity index (χ4n) is 3.75. The van der Waals surface area contributed by atoms with Crippen molar-refractivity contribution in [2.45, 2.75) is 0 Å². The quantitative estimate of drug-likeness (QED) is 0.583. The average Bonchev–Trinajstić information content (AvgIpc) is 2.80. The summed E-state index contributed by atoms with van der Waals surface area (Å²) in [4.78, 5) is 28.5. The smallest absolute Gasteiger partial charge is 0.337 e. The van der Waals surface area contributed by atoms with Crippen LogP contribution >= 0.6 is 11.6 Å². The van der Waals surface area contributed by atoms with E-state index in [0.29, 0.717) is 48.1 Å². The van der Waals surface area contributed by atoms with E-state index >= 15 is 0 Å². The van der Waals surface area contributed by atoms with Gasteiger partial charge in [-0.2, -0.15) is 0 Å². The maximum Gasteiger partial charge on any atom is 0.337 e. The van der Waals surface area contributed by atoms with Gasteiger partial charge in [0.05, 0.1) is 11.3 Å². The molecule has 6 nitrogen and oxygen atoms in total. The average molecular weight is 454 g/mol. The van der Waals surface area contributed by atoms with Gasteiger partial charge in [0, 0.05) is 48.1 Å². The standard InChI is InChI=1S/C24H21ClFN3O3/c25-17-3-1-2-16(14-17)23(30)27-19-6-9-22(21(15-19)24(31)32)29-12-10-28(11-13-29)20-7-4-18(26)5-8-20/h1-9,14-15H,10-13H2,(H,27,30)(H,31,32). The summed E-state index contributed by atoms with van der Waals surface area (Å²) in [5, 5.41) is 12.9. The number of carbonyl (C=O) groups excluding carboxylic acids is 1. The zero-order chi connectivity index (χ0) is 22.7. The van der Waals surface area contributed by atoms with Crippen LogP contribution in [0.3, 0.4) is 0 Å². The van der Waals surface area contributed by atoms with Gasteiger partial charge in [0.25, 0.3) is 5.91 Å². The van der Waals surface area contributed by atoms with Gasteiger partial charge in [-0.3, -0.25) is 4.79 Å². The summed E-state index contributed by atoms with van der Waals surface area (Å²) in [6.45, 7) is 2.59. The summed E-state index contributed by atoms with van der Waals surface area (Å²) in [7, 11) is 0. The van der Waals surface area contributed by atoms with Crippen LogP contribution in [0.1, 0.15) is 20.7 Å². The van der Waals surface area contributed by atoms with Crippen molar-refractivity contribution in [3.8, 4) is 0 Å². The van der Waals surface area contributed by atoms with Crippen molar-refractivity contribution in [3.63, 3.8) is 0 Å². The molecule has 1 amide bonds. The van der Waals surface area contributed by atoms with E-state index in [-0.39, 0.29) is 17.3 Å². The van der Waals surface area contributed by atoms with Crippen LogP contribution in [-0.4, -0.2) is 43.2 Å². The number of hydrogen-bond acceptors (Lipinski definition) is 4. The van der Waals surface area contributed by atoms with E-state index in [1.807, 2.05) is 4.90 Å². The van der Waals surface area contributed by atoms with Crippen molar-refractivity contribution in [2.24, 2.45) is 0 Å². The monoisotopic (exact) mass is 453 g/mol. The topological polar surface area (TPSA) is 72.9 Å². The Kier molecular flexibility index (Phi) is 6.28. The maximum atomic E-state index is 13.2. The number of rotatable bonds is 5. The molecule has 0 spiro atoms. The number of carboxylic acids is 1. The molecular weight excluding hydrogens is 433 g/mol. The first-order valence-corrected chi connectivity index (χ1v) is 10.5. The van der Waals surface area contributed by atoms with E-state index < -0.39 is 5.97 Å². The van der Waals surface area contributed by atoms with E-state index in [1.165, 1.54) is 18.2 Å². The van der Waals surface area contributed by atoms with E-state index in [4.69, 9.17) is 11.6 Å². The highest BCUT2D eigenvalue weighted by molar-refractivity contribution is 6.31. The number of amides is 1. The first-order valence-electron chi connectivity index (χ1n) is 10.1. The van der Waals surface area contributed by atoms with Gasteiger partial charge in [-0.05, 0) is 60.7 Å².